The Labute approximate surface area is 193 Å². The van der Waals surface area contributed by atoms with E-state index in [1.165, 1.54) is 0 Å². The van der Waals surface area contributed by atoms with E-state index >= 15 is 0 Å². The first-order valence-electron chi connectivity index (χ1n) is 11.6. The molecule has 0 aliphatic rings. The summed E-state index contributed by atoms with van der Waals surface area (Å²) in [6.07, 6.45) is 2.70. The number of amides is 1. The van der Waals surface area contributed by atoms with Crippen LogP contribution in [0, 0.1) is 6.92 Å². The molecule has 0 fully saturated rings. The summed E-state index contributed by atoms with van der Waals surface area (Å²) in [6, 6.07) is 14.3. The van der Waals surface area contributed by atoms with Gasteiger partial charge in [0.05, 0.1) is 22.9 Å². The quantitative estimate of drug-likeness (QED) is 0.442. The number of benzene rings is 2. The second-order valence-corrected chi connectivity index (χ2v) is 8.26. The van der Waals surface area contributed by atoms with Crippen LogP contribution in [0.1, 0.15) is 32.8 Å². The molecule has 2 heterocycles. The van der Waals surface area contributed by atoms with E-state index in [0.717, 1.165) is 45.4 Å². The minimum Gasteiger partial charge on any atom is -0.355 e. The molecule has 7 nitrogen and oxygen atoms in total. The van der Waals surface area contributed by atoms with E-state index in [4.69, 9.17) is 0 Å². The maximum Gasteiger partial charge on any atom is 0.329 e. The summed E-state index contributed by atoms with van der Waals surface area (Å²) < 4.78 is 5.37. The van der Waals surface area contributed by atoms with Gasteiger partial charge in [-0.25, -0.2) is 4.79 Å². The lowest BCUT2D eigenvalue weighted by Crippen LogP contribution is -2.28. The molecular weight excluding hydrogens is 414 g/mol. The van der Waals surface area contributed by atoms with Crippen LogP contribution in [0.15, 0.2) is 53.5 Å². The average Bonchev–Trinajstić information content (AvgIpc) is 3.34. The molecule has 0 aliphatic carbocycles. The zero-order valence-corrected chi connectivity index (χ0v) is 19.8. The number of rotatable bonds is 8. The summed E-state index contributed by atoms with van der Waals surface area (Å²) in [6.45, 7) is 10.1. The van der Waals surface area contributed by atoms with Crippen LogP contribution in [0.4, 0.5) is 0 Å². The molecule has 4 rings (SSSR count). The smallest absolute Gasteiger partial charge is 0.329 e. The molecule has 0 bridgehead atoms. The van der Waals surface area contributed by atoms with Crippen LogP contribution >= 0.6 is 0 Å². The maximum absolute atomic E-state index is 12.8. The summed E-state index contributed by atoms with van der Waals surface area (Å²) in [5.41, 5.74) is 6.78. The van der Waals surface area contributed by atoms with Crippen LogP contribution in [0.2, 0.25) is 0 Å². The van der Waals surface area contributed by atoms with Crippen molar-refractivity contribution in [3.63, 3.8) is 0 Å². The number of nitrogens with zero attached hydrogens (tertiary/aromatic N) is 4. The zero-order valence-electron chi connectivity index (χ0n) is 19.8. The number of aromatic nitrogens is 4. The van der Waals surface area contributed by atoms with Crippen LogP contribution in [0.25, 0.3) is 33.4 Å². The molecule has 1 amide bonds. The third kappa shape index (κ3) is 4.23. The van der Waals surface area contributed by atoms with Crippen molar-refractivity contribution in [1.82, 2.24) is 24.2 Å². The van der Waals surface area contributed by atoms with Crippen LogP contribution in [0.3, 0.4) is 0 Å². The van der Waals surface area contributed by atoms with E-state index in [0.29, 0.717) is 19.6 Å². The van der Waals surface area contributed by atoms with Gasteiger partial charge < -0.3 is 5.32 Å². The number of carbonyl (C=O) groups excluding carboxylic acids is 1. The summed E-state index contributed by atoms with van der Waals surface area (Å²) in [5, 5.41) is 7.52. The molecule has 2 aromatic carbocycles. The molecule has 4 aromatic rings. The number of aryl methyl sites for hydroxylation is 3. The second-order valence-electron chi connectivity index (χ2n) is 8.26. The van der Waals surface area contributed by atoms with Crippen molar-refractivity contribution in [2.75, 3.05) is 6.54 Å². The van der Waals surface area contributed by atoms with Gasteiger partial charge >= 0.3 is 5.69 Å². The van der Waals surface area contributed by atoms with Gasteiger partial charge in [-0.2, -0.15) is 5.10 Å². The summed E-state index contributed by atoms with van der Waals surface area (Å²) in [4.78, 5) is 25.3. The van der Waals surface area contributed by atoms with Gasteiger partial charge in [-0.05, 0) is 51.0 Å². The number of carbonyl (C=O) groups is 1. The minimum atomic E-state index is -0.0595. The van der Waals surface area contributed by atoms with E-state index in [1.54, 1.807) is 13.8 Å². The molecule has 7 heteroatoms. The maximum atomic E-state index is 12.8. The third-order valence-corrected chi connectivity index (χ3v) is 5.96. The molecule has 0 unspecified atom stereocenters. The van der Waals surface area contributed by atoms with E-state index in [9.17, 15) is 9.59 Å². The van der Waals surface area contributed by atoms with Gasteiger partial charge in [0.1, 0.15) is 6.54 Å². The molecule has 33 heavy (non-hydrogen) atoms. The predicted molar refractivity (Wildman–Crippen MR) is 132 cm³/mol. The van der Waals surface area contributed by atoms with Crippen LogP contribution < -0.4 is 11.0 Å². The van der Waals surface area contributed by atoms with Gasteiger partial charge in [-0.1, -0.05) is 36.8 Å². The first-order chi connectivity index (χ1) is 16.0. The number of hydrogen-bond acceptors (Lipinski definition) is 3. The highest BCUT2D eigenvalue weighted by Crippen LogP contribution is 2.34. The Hall–Kier alpha value is -3.61. The fraction of sp³-hybridized carbons (Fsp3) is 0.346. The topological polar surface area (TPSA) is 73.8 Å². The number of imidazole rings is 1. The average molecular weight is 446 g/mol. The number of nitrogens with one attached hydrogen (secondary N) is 1. The first kappa shape index (κ1) is 22.6. The highest BCUT2D eigenvalue weighted by atomic mass is 16.2. The van der Waals surface area contributed by atoms with E-state index < -0.39 is 0 Å². The SMILES string of the molecule is CCCNC(=O)Cn1ncc(-c2ccc3c(c2)n(CC)c(=O)n3CC)c1-c1cccc(C)c1. The Morgan fingerprint density at radius 2 is 1.73 bits per heavy atom. The molecule has 0 spiro atoms. The lowest BCUT2D eigenvalue weighted by atomic mass is 10.00. The fourth-order valence-electron chi connectivity index (χ4n) is 4.37. The van der Waals surface area contributed by atoms with Crippen molar-refractivity contribution in [3.8, 4) is 22.4 Å². The molecule has 0 saturated carbocycles. The molecule has 2 aromatic heterocycles. The van der Waals surface area contributed by atoms with Crippen molar-refractivity contribution >= 4 is 16.9 Å². The summed E-state index contributed by atoms with van der Waals surface area (Å²) in [7, 11) is 0. The van der Waals surface area contributed by atoms with Crippen LogP contribution in [0.5, 0.6) is 0 Å². The van der Waals surface area contributed by atoms with E-state index in [2.05, 4.69) is 35.5 Å². The van der Waals surface area contributed by atoms with Gasteiger partial charge in [-0.3, -0.25) is 18.6 Å². The first-order valence-corrected chi connectivity index (χ1v) is 11.6. The molecular formula is C26H31N5O2. The van der Waals surface area contributed by atoms with Crippen molar-refractivity contribution < 1.29 is 4.79 Å². The van der Waals surface area contributed by atoms with Crippen molar-refractivity contribution in [1.29, 1.82) is 0 Å². The van der Waals surface area contributed by atoms with Crippen molar-refractivity contribution in [2.45, 2.75) is 53.8 Å². The Balaban J connectivity index is 1.88. The second kappa shape index (κ2) is 9.48. The Bertz CT molecular complexity index is 1360. The summed E-state index contributed by atoms with van der Waals surface area (Å²) >= 11 is 0. The monoisotopic (exact) mass is 445 g/mol. The highest BCUT2D eigenvalue weighted by Gasteiger charge is 2.19. The standard InChI is InChI=1S/C26H31N5O2/c1-5-13-27-24(32)17-31-25(20-10-8-9-18(4)14-20)21(16-28-31)19-11-12-22-23(15-19)30(7-3)26(33)29(22)6-2/h8-12,14-16H,5-7,13,17H2,1-4H3,(H,27,32). The van der Waals surface area contributed by atoms with E-state index in [1.807, 2.05) is 51.2 Å². The number of hydrogen-bond donors (Lipinski definition) is 1. The molecule has 0 aliphatic heterocycles. The highest BCUT2D eigenvalue weighted by molar-refractivity contribution is 5.88. The predicted octanol–water partition coefficient (Wildman–Crippen LogP) is 4.21. The third-order valence-electron chi connectivity index (χ3n) is 5.96. The summed E-state index contributed by atoms with van der Waals surface area (Å²) in [5.74, 6) is -0.0595. The molecule has 0 atom stereocenters. The Morgan fingerprint density at radius 1 is 0.970 bits per heavy atom. The van der Waals surface area contributed by atoms with Crippen molar-refractivity contribution in [3.05, 3.63) is 64.7 Å². The Kier molecular flexibility index (Phi) is 6.49. The minimum absolute atomic E-state index is 0.00866. The number of fused-ring (bicyclic) bond motifs is 1. The molecule has 1 N–H and O–H groups in total. The van der Waals surface area contributed by atoms with Gasteiger partial charge in [0.25, 0.3) is 0 Å². The van der Waals surface area contributed by atoms with Gasteiger partial charge in [0.15, 0.2) is 0 Å². The normalized spacial score (nSPS) is 11.3. The molecule has 172 valence electrons. The largest absolute Gasteiger partial charge is 0.355 e. The molecule has 0 radical (unpaired) electrons. The fourth-order valence-corrected chi connectivity index (χ4v) is 4.37. The van der Waals surface area contributed by atoms with Gasteiger partial charge in [0.2, 0.25) is 5.91 Å². The van der Waals surface area contributed by atoms with Crippen LogP contribution in [-0.4, -0.2) is 31.4 Å². The Morgan fingerprint density at radius 3 is 2.42 bits per heavy atom. The van der Waals surface area contributed by atoms with Crippen molar-refractivity contribution in [2.24, 2.45) is 0 Å². The lowest BCUT2D eigenvalue weighted by Gasteiger charge is -2.12. The van der Waals surface area contributed by atoms with E-state index in [-0.39, 0.29) is 18.1 Å². The van der Waals surface area contributed by atoms with Gasteiger partial charge in [-0.15, -0.1) is 0 Å². The zero-order chi connectivity index (χ0) is 23.5. The lowest BCUT2D eigenvalue weighted by molar-refractivity contribution is -0.121. The van der Waals surface area contributed by atoms with Crippen LogP contribution in [-0.2, 0) is 24.4 Å². The van der Waals surface area contributed by atoms with Gasteiger partial charge in [0, 0.05) is 30.8 Å². The molecule has 0 saturated heterocycles.